The summed E-state index contributed by atoms with van der Waals surface area (Å²) < 4.78 is 70.8. The molecule has 2 aromatic carbocycles. The van der Waals surface area contributed by atoms with E-state index in [2.05, 4.69) is 25.3 Å². The molecule has 1 saturated carbocycles. The molecule has 304 valence electrons. The molecule has 1 unspecified atom stereocenters. The van der Waals surface area contributed by atoms with Gasteiger partial charge < -0.3 is 34.9 Å². The predicted molar refractivity (Wildman–Crippen MR) is 210 cm³/mol. The van der Waals surface area contributed by atoms with Gasteiger partial charge in [-0.25, -0.2) is 31.7 Å². The molecule has 0 aliphatic heterocycles. The minimum Gasteiger partial charge on any atom is -0.497 e. The highest BCUT2D eigenvalue weighted by Gasteiger charge is 2.35. The van der Waals surface area contributed by atoms with Crippen molar-refractivity contribution >= 4 is 44.6 Å². The summed E-state index contributed by atoms with van der Waals surface area (Å²) in [5, 5.41) is 9.15. The van der Waals surface area contributed by atoms with Crippen LogP contribution in [0.15, 0.2) is 47.6 Å². The predicted octanol–water partition coefficient (Wildman–Crippen LogP) is 7.36. The number of halogens is 1. The van der Waals surface area contributed by atoms with Crippen LogP contribution in [0.25, 0.3) is 0 Å². The molecule has 2 amide bonds. The third kappa shape index (κ3) is 13.1. The summed E-state index contributed by atoms with van der Waals surface area (Å²) in [6.45, 7) is 13.3. The van der Waals surface area contributed by atoms with Crippen molar-refractivity contribution in [2.75, 3.05) is 36.9 Å². The number of sulfonamides is 1. The first-order valence-electron chi connectivity index (χ1n) is 18.3. The third-order valence-electron chi connectivity index (χ3n) is 8.97. The van der Waals surface area contributed by atoms with Gasteiger partial charge >= 0.3 is 12.2 Å². The Kier molecular flexibility index (Phi) is 14.6. The first-order valence-corrected chi connectivity index (χ1v) is 20.5. The number of anilines is 2. The second kappa shape index (κ2) is 18.5. The number of amides is 2. The standard InChI is InChI=1S/C38H55FN6O8S2/c1-24(44-36(47)53-38(5,6)7)28(18-26(25-10-11-25)16-17-40-35(46)52-37(2,3)4)21-41-29-13-15-33(31(39)19-29)55(48,49)45(34-42-23-43-54-34)22-27-12-14-30(50-8)20-32(27)51-9/h12-15,19-20,23-26,28,41H,10-11,16-18,21-22H2,1-9H3,(H,40,46)(H,44,47)/t24-,26?,28+/m1/s1. The van der Waals surface area contributed by atoms with Crippen molar-refractivity contribution in [1.82, 2.24) is 20.0 Å². The van der Waals surface area contributed by atoms with Crippen LogP contribution in [-0.2, 0) is 26.0 Å². The lowest BCUT2D eigenvalue weighted by Crippen LogP contribution is -2.44. The molecule has 1 heterocycles. The number of hydrogen-bond donors (Lipinski definition) is 3. The number of rotatable bonds is 18. The highest BCUT2D eigenvalue weighted by atomic mass is 32.2. The lowest BCUT2D eigenvalue weighted by atomic mass is 9.84. The SMILES string of the molecule is COc1ccc(CN(c2ncns2)S(=O)(=O)c2ccc(NC[C@H](CC(CCNC(=O)OC(C)(C)C)C3CC3)[C@@H](C)NC(=O)OC(C)(C)C)cc2F)c(OC)c1. The fourth-order valence-electron chi connectivity index (χ4n) is 6.11. The fourth-order valence-corrected chi connectivity index (χ4v) is 8.29. The summed E-state index contributed by atoms with van der Waals surface area (Å²) in [6.07, 6.45) is 3.78. The van der Waals surface area contributed by atoms with Crippen LogP contribution in [0.5, 0.6) is 11.5 Å². The molecule has 4 rings (SSSR count). The van der Waals surface area contributed by atoms with Crippen molar-refractivity contribution in [3.05, 3.63) is 54.1 Å². The number of methoxy groups -OCH3 is 2. The molecular formula is C38H55FN6O8S2. The van der Waals surface area contributed by atoms with Gasteiger partial charge in [0.2, 0.25) is 5.13 Å². The van der Waals surface area contributed by atoms with E-state index in [0.717, 1.165) is 34.7 Å². The number of alkyl carbamates (subject to hydrolysis) is 2. The van der Waals surface area contributed by atoms with E-state index in [9.17, 15) is 18.0 Å². The molecule has 17 heteroatoms. The quantitative estimate of drug-likeness (QED) is 0.117. The lowest BCUT2D eigenvalue weighted by Gasteiger charge is -2.30. The number of nitrogens with one attached hydrogen (secondary N) is 3. The summed E-state index contributed by atoms with van der Waals surface area (Å²) in [5.74, 6) is 0.532. The Balaban J connectivity index is 1.53. The molecule has 55 heavy (non-hydrogen) atoms. The average molecular weight is 807 g/mol. The molecule has 0 spiro atoms. The van der Waals surface area contributed by atoms with Crippen LogP contribution in [0.4, 0.5) is 24.8 Å². The topological polar surface area (TPSA) is 170 Å². The maximum atomic E-state index is 15.9. The Bertz CT molecular complexity index is 1850. The van der Waals surface area contributed by atoms with Gasteiger partial charge in [-0.05, 0) is 122 Å². The molecular weight excluding hydrogens is 752 g/mol. The highest BCUT2D eigenvalue weighted by molar-refractivity contribution is 7.93. The van der Waals surface area contributed by atoms with Crippen LogP contribution >= 0.6 is 11.5 Å². The summed E-state index contributed by atoms with van der Waals surface area (Å²) in [4.78, 5) is 28.7. The van der Waals surface area contributed by atoms with E-state index in [1.165, 1.54) is 32.7 Å². The number of nitrogens with zero attached hydrogens (tertiary/aromatic N) is 3. The van der Waals surface area contributed by atoms with Crippen molar-refractivity contribution in [3.63, 3.8) is 0 Å². The second-order valence-electron chi connectivity index (χ2n) is 15.7. The van der Waals surface area contributed by atoms with Crippen molar-refractivity contribution in [3.8, 4) is 11.5 Å². The highest BCUT2D eigenvalue weighted by Crippen LogP contribution is 2.42. The largest absolute Gasteiger partial charge is 0.497 e. The molecule has 0 radical (unpaired) electrons. The molecule has 0 saturated heterocycles. The van der Waals surface area contributed by atoms with Crippen LogP contribution in [0, 0.1) is 23.6 Å². The summed E-state index contributed by atoms with van der Waals surface area (Å²) in [7, 11) is -1.51. The lowest BCUT2D eigenvalue weighted by molar-refractivity contribution is 0.0480. The first-order chi connectivity index (χ1) is 25.8. The van der Waals surface area contributed by atoms with Gasteiger partial charge in [-0.3, -0.25) is 0 Å². The summed E-state index contributed by atoms with van der Waals surface area (Å²) in [5.41, 5.74) is -0.427. The van der Waals surface area contributed by atoms with Gasteiger partial charge in [-0.2, -0.15) is 4.37 Å². The monoisotopic (exact) mass is 806 g/mol. The zero-order valence-electron chi connectivity index (χ0n) is 33.1. The Hall–Kier alpha value is -4.38. The van der Waals surface area contributed by atoms with Crippen LogP contribution in [0.1, 0.15) is 79.7 Å². The number of carbonyl (C=O) groups is 2. The Labute approximate surface area is 328 Å². The van der Waals surface area contributed by atoms with Gasteiger partial charge in [-0.15, -0.1) is 0 Å². The van der Waals surface area contributed by atoms with Gasteiger partial charge in [0.15, 0.2) is 0 Å². The van der Waals surface area contributed by atoms with Crippen LogP contribution in [0.2, 0.25) is 0 Å². The normalized spacial score (nSPS) is 14.9. The third-order valence-corrected chi connectivity index (χ3v) is 11.5. The van der Waals surface area contributed by atoms with Crippen molar-refractivity contribution in [2.24, 2.45) is 17.8 Å². The van der Waals surface area contributed by atoms with Gasteiger partial charge in [0.25, 0.3) is 10.0 Å². The maximum Gasteiger partial charge on any atom is 0.407 e. The smallest absolute Gasteiger partial charge is 0.407 e. The minimum atomic E-state index is -4.48. The van der Waals surface area contributed by atoms with Crippen LogP contribution in [-0.4, -0.2) is 74.5 Å². The Morgan fingerprint density at radius 1 is 1.00 bits per heavy atom. The first kappa shape index (κ1) is 43.3. The second-order valence-corrected chi connectivity index (χ2v) is 18.3. The van der Waals surface area contributed by atoms with Gasteiger partial charge in [0.1, 0.15) is 39.7 Å². The van der Waals surface area contributed by atoms with Gasteiger partial charge in [-0.1, -0.05) is 0 Å². The zero-order valence-corrected chi connectivity index (χ0v) is 34.7. The van der Waals surface area contributed by atoms with Crippen molar-refractivity contribution in [1.29, 1.82) is 0 Å². The minimum absolute atomic E-state index is 0.0558. The Morgan fingerprint density at radius 2 is 1.69 bits per heavy atom. The number of hydrogen-bond acceptors (Lipinski definition) is 12. The molecule has 3 aromatic rings. The number of aromatic nitrogens is 2. The number of carbonyl (C=O) groups excluding carboxylic acids is 2. The summed E-state index contributed by atoms with van der Waals surface area (Å²) >= 11 is 0.862. The molecule has 0 bridgehead atoms. The molecule has 14 nitrogen and oxygen atoms in total. The summed E-state index contributed by atoms with van der Waals surface area (Å²) in [6, 6.07) is 8.51. The Morgan fingerprint density at radius 3 is 2.27 bits per heavy atom. The van der Waals surface area contributed by atoms with Crippen LogP contribution < -0.4 is 29.7 Å². The van der Waals surface area contributed by atoms with Crippen molar-refractivity contribution in [2.45, 2.75) is 103 Å². The van der Waals surface area contributed by atoms with E-state index in [0.29, 0.717) is 54.6 Å². The van der Waals surface area contributed by atoms with E-state index in [-0.39, 0.29) is 29.6 Å². The average Bonchev–Trinajstić information content (AvgIpc) is 3.79. The fraction of sp³-hybridized carbons (Fsp3) is 0.579. The number of ether oxygens (including phenoxy) is 4. The van der Waals surface area contributed by atoms with Gasteiger partial charge in [0.05, 0.1) is 20.8 Å². The van der Waals surface area contributed by atoms with E-state index in [1.54, 1.807) is 39.0 Å². The van der Waals surface area contributed by atoms with E-state index < -0.39 is 44.1 Å². The van der Waals surface area contributed by atoms with E-state index >= 15 is 4.39 Å². The molecule has 3 atom stereocenters. The molecule has 1 fully saturated rings. The molecule has 1 aliphatic rings. The maximum absolute atomic E-state index is 15.9. The van der Waals surface area contributed by atoms with Gasteiger partial charge in [0, 0.05) is 48.0 Å². The molecule has 1 aromatic heterocycles. The molecule has 1 aliphatic carbocycles. The molecule has 3 N–H and O–H groups in total. The van der Waals surface area contributed by atoms with E-state index in [1.807, 2.05) is 27.7 Å². The number of benzene rings is 2. The van der Waals surface area contributed by atoms with E-state index in [4.69, 9.17) is 18.9 Å². The van der Waals surface area contributed by atoms with Crippen LogP contribution in [0.3, 0.4) is 0 Å². The zero-order chi connectivity index (χ0) is 40.6. The van der Waals surface area contributed by atoms with Crippen molar-refractivity contribution < 1.29 is 41.3 Å².